The van der Waals surface area contributed by atoms with Crippen molar-refractivity contribution in [1.29, 1.82) is 0 Å². The lowest BCUT2D eigenvalue weighted by Crippen LogP contribution is -3.00. The molecule has 0 aliphatic heterocycles. The van der Waals surface area contributed by atoms with E-state index in [2.05, 4.69) is 15.2 Å². The van der Waals surface area contributed by atoms with Gasteiger partial charge in [0.25, 0.3) is 0 Å². The molecule has 0 saturated heterocycles. The highest BCUT2D eigenvalue weighted by Gasteiger charge is 2.04. The van der Waals surface area contributed by atoms with Gasteiger partial charge in [0.05, 0.1) is 0 Å². The second-order valence-corrected chi connectivity index (χ2v) is 6.19. The minimum atomic E-state index is 0. The first kappa shape index (κ1) is 20.6. The topological polar surface area (TPSA) is 45.0 Å². The van der Waals surface area contributed by atoms with E-state index >= 15 is 0 Å². The van der Waals surface area contributed by atoms with E-state index in [0.717, 1.165) is 36.4 Å². The third-order valence-electron chi connectivity index (χ3n) is 4.08. The van der Waals surface area contributed by atoms with Gasteiger partial charge in [-0.2, -0.15) is 0 Å². The summed E-state index contributed by atoms with van der Waals surface area (Å²) in [4.78, 5) is 12.1. The summed E-state index contributed by atoms with van der Waals surface area (Å²) in [7, 11) is 0. The van der Waals surface area contributed by atoms with Gasteiger partial charge in [-0.25, -0.2) is 4.57 Å². The Balaban J connectivity index is 0.00000261. The molecule has 0 atom stereocenters. The number of amides is 1. The molecular weight excluding hydrogens is 402 g/mol. The van der Waals surface area contributed by atoms with E-state index in [4.69, 9.17) is 0 Å². The van der Waals surface area contributed by atoms with Gasteiger partial charge in [0.15, 0.2) is 12.4 Å². The summed E-state index contributed by atoms with van der Waals surface area (Å²) in [5.41, 5.74) is 2.86. The number of hydrogen-bond acceptors (Lipinski definition) is 2. The number of pyridine rings is 1. The second kappa shape index (κ2) is 11.1. The minimum Gasteiger partial charge on any atom is -1.00 e. The molecule has 2 aromatic carbocycles. The van der Waals surface area contributed by atoms with E-state index in [1.165, 1.54) is 0 Å². The molecule has 2 N–H and O–H groups in total. The van der Waals surface area contributed by atoms with E-state index in [1.807, 2.05) is 85.2 Å². The Kier molecular flexibility index (Phi) is 8.52. The van der Waals surface area contributed by atoms with Crippen LogP contribution in [0.3, 0.4) is 0 Å². The average molecular weight is 426 g/mol. The minimum absolute atomic E-state index is 0. The number of anilines is 3. The van der Waals surface area contributed by atoms with Gasteiger partial charge in [-0.3, -0.25) is 4.79 Å². The molecular formula is C22H24BrN3O. The zero-order valence-electron chi connectivity index (χ0n) is 15.1. The second-order valence-electron chi connectivity index (χ2n) is 6.19. The van der Waals surface area contributed by atoms with Gasteiger partial charge in [-0.15, -0.1) is 0 Å². The van der Waals surface area contributed by atoms with Crippen molar-refractivity contribution in [2.75, 3.05) is 10.6 Å². The smallest absolute Gasteiger partial charge is 0.224 e. The van der Waals surface area contributed by atoms with Gasteiger partial charge in [0, 0.05) is 42.0 Å². The highest BCUT2D eigenvalue weighted by Crippen LogP contribution is 2.18. The maximum atomic E-state index is 12.1. The first-order chi connectivity index (χ1) is 12.8. The largest absolute Gasteiger partial charge is 1.00 e. The van der Waals surface area contributed by atoms with Gasteiger partial charge in [0.1, 0.15) is 6.54 Å². The number of aryl methyl sites for hydroxylation is 1. The highest BCUT2D eigenvalue weighted by molar-refractivity contribution is 5.90. The van der Waals surface area contributed by atoms with E-state index in [-0.39, 0.29) is 22.9 Å². The maximum Gasteiger partial charge on any atom is 0.224 e. The van der Waals surface area contributed by atoms with Crippen LogP contribution in [0, 0.1) is 0 Å². The summed E-state index contributed by atoms with van der Waals surface area (Å²) < 4.78 is 2.14. The third kappa shape index (κ3) is 7.23. The van der Waals surface area contributed by atoms with Crippen LogP contribution < -0.4 is 32.2 Å². The zero-order chi connectivity index (χ0) is 18.0. The fourth-order valence-electron chi connectivity index (χ4n) is 2.71. The number of unbranched alkanes of at least 4 members (excludes halogenated alkanes) is 1. The molecule has 0 spiro atoms. The SMILES string of the molecule is O=C(CCCC[n+]1ccccc1)Nc1ccc(Nc2ccccc2)cc1.[Br-]. The molecule has 1 aromatic heterocycles. The monoisotopic (exact) mass is 425 g/mol. The first-order valence-corrected chi connectivity index (χ1v) is 8.96. The standard InChI is InChI=1S/C22H23N3O.BrH/c26-22(11-5-8-18-25-16-6-2-7-17-25)24-21-14-12-20(13-15-21)23-19-9-3-1-4-10-19;/h1-4,6-7,9-10,12-17,23H,5,8,11,18H2;1H. The van der Waals surface area contributed by atoms with Crippen molar-refractivity contribution in [2.45, 2.75) is 25.8 Å². The molecule has 3 rings (SSSR count). The lowest BCUT2D eigenvalue weighted by Gasteiger charge is -2.08. The number of hydrogen-bond donors (Lipinski definition) is 2. The number of carbonyl (C=O) groups excluding carboxylic acids is 1. The molecule has 0 unspecified atom stereocenters. The van der Waals surface area contributed by atoms with Crippen LogP contribution in [0.2, 0.25) is 0 Å². The molecule has 1 amide bonds. The van der Waals surface area contributed by atoms with Crippen molar-refractivity contribution in [3.63, 3.8) is 0 Å². The van der Waals surface area contributed by atoms with Crippen molar-refractivity contribution in [1.82, 2.24) is 0 Å². The molecule has 3 aromatic rings. The predicted molar refractivity (Wildman–Crippen MR) is 105 cm³/mol. The lowest BCUT2D eigenvalue weighted by atomic mass is 10.2. The molecule has 5 heteroatoms. The van der Waals surface area contributed by atoms with Gasteiger partial charge >= 0.3 is 0 Å². The van der Waals surface area contributed by atoms with E-state index in [0.29, 0.717) is 6.42 Å². The highest BCUT2D eigenvalue weighted by atomic mass is 79.9. The molecule has 0 aliphatic rings. The fourth-order valence-corrected chi connectivity index (χ4v) is 2.71. The molecule has 0 radical (unpaired) electrons. The van der Waals surface area contributed by atoms with Crippen molar-refractivity contribution in [3.05, 3.63) is 85.2 Å². The van der Waals surface area contributed by atoms with Gasteiger partial charge in [0.2, 0.25) is 5.91 Å². The summed E-state index contributed by atoms with van der Waals surface area (Å²) >= 11 is 0. The molecule has 0 fully saturated rings. The van der Waals surface area contributed by atoms with Crippen LogP contribution in [0.15, 0.2) is 85.2 Å². The van der Waals surface area contributed by atoms with Crippen LogP contribution in [0.5, 0.6) is 0 Å². The Hall–Kier alpha value is -2.66. The van der Waals surface area contributed by atoms with Crippen LogP contribution in [0.4, 0.5) is 17.1 Å². The molecule has 0 saturated carbocycles. The Morgan fingerprint density at radius 1 is 0.741 bits per heavy atom. The summed E-state index contributed by atoms with van der Waals surface area (Å²) in [5, 5.41) is 6.29. The molecule has 0 bridgehead atoms. The average Bonchev–Trinajstić information content (AvgIpc) is 2.68. The summed E-state index contributed by atoms with van der Waals surface area (Å²) in [5.74, 6) is 0.0619. The fraction of sp³-hybridized carbons (Fsp3) is 0.182. The molecule has 140 valence electrons. The number of nitrogens with one attached hydrogen (secondary N) is 2. The van der Waals surface area contributed by atoms with Gasteiger partial charge in [-0.05, 0) is 42.8 Å². The first-order valence-electron chi connectivity index (χ1n) is 8.96. The van der Waals surface area contributed by atoms with Crippen LogP contribution in [0.25, 0.3) is 0 Å². The van der Waals surface area contributed by atoms with E-state index < -0.39 is 0 Å². The maximum absolute atomic E-state index is 12.1. The zero-order valence-corrected chi connectivity index (χ0v) is 16.7. The summed E-state index contributed by atoms with van der Waals surface area (Å²) in [6.07, 6.45) is 6.50. The summed E-state index contributed by atoms with van der Waals surface area (Å²) in [6, 6.07) is 23.8. The van der Waals surface area contributed by atoms with Gasteiger partial charge in [-0.1, -0.05) is 24.3 Å². The third-order valence-corrected chi connectivity index (χ3v) is 4.08. The van der Waals surface area contributed by atoms with E-state index in [1.54, 1.807) is 0 Å². The quantitative estimate of drug-likeness (QED) is 0.424. The summed E-state index contributed by atoms with van der Waals surface area (Å²) in [6.45, 7) is 0.938. The molecule has 27 heavy (non-hydrogen) atoms. The normalized spacial score (nSPS) is 9.93. The number of nitrogens with zero attached hydrogens (tertiary/aromatic N) is 1. The van der Waals surface area contributed by atoms with Crippen LogP contribution in [0.1, 0.15) is 19.3 Å². The molecule has 0 aliphatic carbocycles. The predicted octanol–water partition coefficient (Wildman–Crippen LogP) is 1.53. The number of benzene rings is 2. The lowest BCUT2D eigenvalue weighted by molar-refractivity contribution is -0.697. The number of halogens is 1. The Morgan fingerprint density at radius 2 is 1.33 bits per heavy atom. The number of rotatable bonds is 8. The van der Waals surface area contributed by atoms with Crippen molar-refractivity contribution < 1.29 is 26.3 Å². The van der Waals surface area contributed by atoms with Crippen LogP contribution >= 0.6 is 0 Å². The van der Waals surface area contributed by atoms with E-state index in [9.17, 15) is 4.79 Å². The van der Waals surface area contributed by atoms with Crippen molar-refractivity contribution in [2.24, 2.45) is 0 Å². The number of para-hydroxylation sites is 1. The Morgan fingerprint density at radius 3 is 2.04 bits per heavy atom. The van der Waals surface area contributed by atoms with Crippen LogP contribution in [-0.4, -0.2) is 5.91 Å². The number of carbonyl (C=O) groups is 1. The van der Waals surface area contributed by atoms with Crippen molar-refractivity contribution in [3.8, 4) is 0 Å². The Labute approximate surface area is 171 Å². The van der Waals surface area contributed by atoms with Gasteiger partial charge < -0.3 is 27.6 Å². The van der Waals surface area contributed by atoms with Crippen LogP contribution in [-0.2, 0) is 11.3 Å². The molecule has 4 nitrogen and oxygen atoms in total. The number of aromatic nitrogens is 1. The Bertz CT molecular complexity index is 808. The molecule has 1 heterocycles. The van der Waals surface area contributed by atoms with Crippen molar-refractivity contribution >= 4 is 23.0 Å².